The fourth-order valence-electron chi connectivity index (χ4n) is 5.67. The predicted molar refractivity (Wildman–Crippen MR) is 223 cm³/mol. The quantitative estimate of drug-likeness (QED) is 0.117. The molecule has 1 saturated heterocycles. The molecule has 2 aliphatic rings. The minimum absolute atomic E-state index is 0. The van der Waals surface area contributed by atoms with Crippen LogP contribution in [0.1, 0.15) is 80.0 Å². The average Bonchev–Trinajstić information content (AvgIpc) is 3.84. The summed E-state index contributed by atoms with van der Waals surface area (Å²) in [4.78, 5) is 50.4. The van der Waals surface area contributed by atoms with Gasteiger partial charge >= 0.3 is 59.4 Å². The minimum atomic E-state index is -3.39. The number of ether oxygens (including phenoxy) is 2. The number of halogens is 6. The van der Waals surface area contributed by atoms with Gasteiger partial charge in [0, 0.05) is 6.42 Å². The van der Waals surface area contributed by atoms with Gasteiger partial charge in [0.1, 0.15) is 17.7 Å². The Hall–Kier alpha value is -4.53. The Kier molecular flexibility index (Phi) is 21.4. The average molecular weight is 937 g/mol. The summed E-state index contributed by atoms with van der Waals surface area (Å²) in [5.74, 6) is -9.48. The zero-order valence-corrected chi connectivity index (χ0v) is 39.3. The van der Waals surface area contributed by atoms with Gasteiger partial charge in [0.15, 0.2) is 16.5 Å². The van der Waals surface area contributed by atoms with E-state index in [0.717, 1.165) is 4.90 Å². The van der Waals surface area contributed by atoms with Gasteiger partial charge in [0.2, 0.25) is 5.88 Å². The van der Waals surface area contributed by atoms with Crippen LogP contribution < -0.4 is 39.4 Å². The number of carbonyl (C=O) groups excluding carboxylic acids is 1. The molecule has 1 amide bonds. The van der Waals surface area contributed by atoms with Crippen molar-refractivity contribution >= 4 is 51.7 Å². The van der Waals surface area contributed by atoms with E-state index in [-0.39, 0.29) is 60.0 Å². The van der Waals surface area contributed by atoms with E-state index in [2.05, 4.69) is 33.1 Å². The van der Waals surface area contributed by atoms with Crippen LogP contribution in [0.4, 0.5) is 26.7 Å². The molecule has 1 aliphatic carbocycles. The van der Waals surface area contributed by atoms with Crippen molar-refractivity contribution in [3.63, 3.8) is 0 Å². The molecule has 1 aliphatic heterocycles. The number of likely N-dealkylation sites (tertiary alicyclic amines) is 1. The maximum atomic E-state index is 14.2. The Labute approximate surface area is 396 Å². The first-order chi connectivity index (χ1) is 29.6. The van der Waals surface area contributed by atoms with Gasteiger partial charge in [-0.05, 0) is 76.5 Å². The third-order valence-corrected chi connectivity index (χ3v) is 8.68. The molecule has 1 saturated carbocycles. The van der Waals surface area contributed by atoms with E-state index >= 15 is 0 Å². The first-order valence-electron chi connectivity index (χ1n) is 19.9. The number of aliphatic hydroxyl groups excluding tert-OH is 1. The number of nitrogens with zero attached hydrogens (tertiary/aromatic N) is 5. The standard InChI is InChI=1S/C17H16F2N2O3.C11H7ClF2N2.C10H17NO5.C4H9O.CH3F.Na/c1-2-17(18,19)14-15(21-13-6-4-3-5-12(13)20-14)24-11-8-7-10(9-11)16(22)23;1-2-11(13,14)9-10(12)16-8-6-4-3-5-7(8)15-9;1-10(2,3)16-9(15)11-5-6(12)4-7(11)8(13)14;1-4(2,3)5;1-2;/h2-6,10-11H,1,7-9H2,(H,22,23);2-6H,1H2;6-7,12H,4-5H2,1-3H3,(H,13,14);1-3H3;1H3;/q;;;-1;;+1/t10-,11-;;6-,7+;;;/m0.1.../s1/i;;;;1D;. The normalized spacial score (nSPS) is 18.4. The molecule has 2 aromatic heterocycles. The maximum Gasteiger partial charge on any atom is 1.00 e. The van der Waals surface area contributed by atoms with Crippen LogP contribution in [0.5, 0.6) is 5.88 Å². The first-order valence-corrected chi connectivity index (χ1v) is 19.5. The summed E-state index contributed by atoms with van der Waals surface area (Å²) in [5, 5.41) is 37.1. The molecule has 64 heavy (non-hydrogen) atoms. The number of carbonyl (C=O) groups is 3. The predicted octanol–water partition coefficient (Wildman–Crippen LogP) is 5.28. The largest absolute Gasteiger partial charge is 1.00 e. The number of β-amino-alcohol motifs (C(OH)–C–C–N with tert-alkyl or cyclic N) is 1. The monoisotopic (exact) mass is 936 g/mol. The molecule has 0 radical (unpaired) electrons. The Bertz CT molecular complexity index is 2230. The Morgan fingerprint density at radius 3 is 1.69 bits per heavy atom. The Morgan fingerprint density at radius 1 is 0.828 bits per heavy atom. The van der Waals surface area contributed by atoms with Crippen molar-refractivity contribution in [1.82, 2.24) is 24.8 Å². The maximum absolute atomic E-state index is 14.2. The number of para-hydroxylation sites is 4. The minimum Gasteiger partial charge on any atom is -0.850 e. The summed E-state index contributed by atoms with van der Waals surface area (Å²) in [6.07, 6.45) is 0.271. The summed E-state index contributed by atoms with van der Waals surface area (Å²) in [5.41, 5.74) is -0.967. The number of aromatic nitrogens is 4. The van der Waals surface area contributed by atoms with E-state index in [1.807, 2.05) is 0 Å². The molecule has 6 rings (SSSR count). The Balaban J connectivity index is 0.000000457. The number of fused-ring (bicyclic) bond motifs is 2. The fourth-order valence-corrected chi connectivity index (χ4v) is 5.93. The van der Waals surface area contributed by atoms with Crippen LogP contribution >= 0.6 is 11.6 Å². The van der Waals surface area contributed by atoms with Crippen LogP contribution in [-0.4, -0.2) is 101 Å². The summed E-state index contributed by atoms with van der Waals surface area (Å²) in [6.45, 7) is 16.2. The molecule has 3 N–H and O–H groups in total. The van der Waals surface area contributed by atoms with Crippen molar-refractivity contribution in [2.75, 3.05) is 13.7 Å². The van der Waals surface area contributed by atoms with Crippen LogP contribution in [0.25, 0.3) is 22.1 Å². The number of allylic oxidation sites excluding steroid dienone is 2. The molecule has 4 atom stereocenters. The SMILES string of the molecule is C=CC(F)(F)c1nc2ccccc2nc1Cl.C=CC(F)(F)c1nc2ccccc2nc1O[C@H]1CC[C@H](C(=O)O)C1.CC(C)(C)OC(=O)N1C[C@H](O)C[C@H]1C(=O)O.CC(C)(C)[O-].[2H]CF.[Na+]. The van der Waals surface area contributed by atoms with E-state index in [9.17, 15) is 46.5 Å². The molecule has 4 aromatic rings. The fraction of sp³-hybridized carbons (Fsp3) is 0.465. The van der Waals surface area contributed by atoms with E-state index in [4.69, 9.17) is 32.7 Å². The molecule has 0 unspecified atom stereocenters. The van der Waals surface area contributed by atoms with Gasteiger partial charge in [-0.25, -0.2) is 29.5 Å². The van der Waals surface area contributed by atoms with Gasteiger partial charge in [-0.3, -0.25) is 14.1 Å². The van der Waals surface area contributed by atoms with Crippen molar-refractivity contribution in [2.24, 2.45) is 5.92 Å². The molecule has 14 nitrogen and oxygen atoms in total. The van der Waals surface area contributed by atoms with Crippen LogP contribution in [0, 0.1) is 5.92 Å². The van der Waals surface area contributed by atoms with Crippen molar-refractivity contribution in [3.05, 3.63) is 90.4 Å². The third-order valence-electron chi connectivity index (χ3n) is 8.41. The van der Waals surface area contributed by atoms with Gasteiger partial charge in [-0.2, -0.15) is 17.6 Å². The molecule has 346 valence electrons. The molecule has 3 heterocycles. The van der Waals surface area contributed by atoms with Gasteiger partial charge in [-0.15, -0.1) is 5.60 Å². The molecule has 21 heteroatoms. The smallest absolute Gasteiger partial charge is 0.850 e. The summed E-state index contributed by atoms with van der Waals surface area (Å²) >= 11 is 5.67. The van der Waals surface area contributed by atoms with E-state index in [1.165, 1.54) is 0 Å². The number of carboxylic acid groups (broad SMARTS) is 2. The van der Waals surface area contributed by atoms with Gasteiger partial charge in [0.25, 0.3) is 0 Å². The Morgan fingerprint density at radius 2 is 1.27 bits per heavy atom. The topological polar surface area (TPSA) is 208 Å². The second-order valence-corrected chi connectivity index (χ2v) is 16.3. The zero-order chi connectivity index (χ0) is 48.8. The molecular formula is C43H52ClF5N5NaO9. The van der Waals surface area contributed by atoms with Crippen LogP contribution in [0.2, 0.25) is 5.15 Å². The van der Waals surface area contributed by atoms with Gasteiger partial charge < -0.3 is 29.9 Å². The number of rotatable bonds is 8. The number of aliphatic carboxylic acids is 2. The number of alkyl halides is 5. The van der Waals surface area contributed by atoms with Crippen molar-refractivity contribution < 1.29 is 97.2 Å². The van der Waals surface area contributed by atoms with E-state index in [1.54, 1.807) is 90.1 Å². The molecule has 0 spiro atoms. The van der Waals surface area contributed by atoms with Crippen molar-refractivity contribution in [2.45, 2.75) is 109 Å². The molecule has 2 aromatic carbocycles. The second kappa shape index (κ2) is 24.7. The number of hydrogen-bond acceptors (Lipinski definition) is 11. The number of carboxylic acids is 2. The first kappa shape index (κ1) is 55.6. The number of aliphatic hydroxyl groups is 1. The van der Waals surface area contributed by atoms with Gasteiger partial charge in [-0.1, -0.05) is 69.8 Å². The van der Waals surface area contributed by atoms with Crippen LogP contribution in [0.15, 0.2) is 73.8 Å². The number of amides is 1. The zero-order valence-electron chi connectivity index (χ0n) is 37.5. The molecule has 0 bridgehead atoms. The third kappa shape index (κ3) is 17.8. The van der Waals surface area contributed by atoms with E-state index in [0.29, 0.717) is 47.1 Å². The van der Waals surface area contributed by atoms with Crippen LogP contribution in [-0.2, 0) is 26.2 Å². The second-order valence-electron chi connectivity index (χ2n) is 15.9. The molecule has 2 fully saturated rings. The summed E-state index contributed by atoms with van der Waals surface area (Å²) in [7, 11) is -1.00. The van der Waals surface area contributed by atoms with Crippen molar-refractivity contribution in [3.8, 4) is 5.88 Å². The van der Waals surface area contributed by atoms with E-state index < -0.39 is 83.8 Å². The number of benzene rings is 2. The van der Waals surface area contributed by atoms with Crippen LogP contribution in [0.3, 0.4) is 0 Å². The van der Waals surface area contributed by atoms with Gasteiger partial charge in [0.05, 0.1) is 49.2 Å². The summed E-state index contributed by atoms with van der Waals surface area (Å²) in [6, 6.07) is 12.3. The van der Waals surface area contributed by atoms with Crippen molar-refractivity contribution in [1.29, 1.82) is 0 Å². The number of hydrogen-bond donors (Lipinski definition) is 3. The molecular weight excluding hydrogens is 884 g/mol. The summed E-state index contributed by atoms with van der Waals surface area (Å²) < 4.78 is 81.2.